The Labute approximate surface area is 111 Å². The van der Waals surface area contributed by atoms with Gasteiger partial charge in [0.05, 0.1) is 9.82 Å². The molecule has 0 aliphatic carbocycles. The zero-order chi connectivity index (χ0) is 14.0. The molecule has 0 unspecified atom stereocenters. The molecule has 1 aliphatic heterocycles. The number of nitro benzene ring substituents is 1. The van der Waals surface area contributed by atoms with E-state index in [1.165, 1.54) is 18.2 Å². The summed E-state index contributed by atoms with van der Waals surface area (Å²) in [5.41, 5.74) is 0.256. The first kappa shape index (κ1) is 13.9. The summed E-state index contributed by atoms with van der Waals surface area (Å²) in [6, 6.07) is 3.62. The topological polar surface area (TPSA) is 101 Å². The fourth-order valence-electron chi connectivity index (χ4n) is 2.09. The van der Waals surface area contributed by atoms with Gasteiger partial charge in [-0.3, -0.25) is 10.1 Å². The molecule has 0 bridgehead atoms. The van der Waals surface area contributed by atoms with E-state index in [0.717, 1.165) is 13.0 Å². The van der Waals surface area contributed by atoms with E-state index in [1.807, 2.05) is 0 Å². The van der Waals surface area contributed by atoms with Crippen molar-refractivity contribution in [3.63, 3.8) is 0 Å². The molecule has 0 aromatic heterocycles. The van der Waals surface area contributed by atoms with Crippen molar-refractivity contribution in [1.29, 1.82) is 0 Å². The van der Waals surface area contributed by atoms with Gasteiger partial charge >= 0.3 is 0 Å². The van der Waals surface area contributed by atoms with Crippen molar-refractivity contribution in [2.24, 2.45) is 0 Å². The SMILES string of the molecule is Cc1cc([N+](=O)[O-])ccc1S(=O)(=O)N[C@H]1CCNC1. The van der Waals surface area contributed by atoms with Gasteiger partial charge in [-0.05, 0) is 31.5 Å². The molecule has 0 radical (unpaired) electrons. The number of aryl methyl sites for hydroxylation is 1. The highest BCUT2D eigenvalue weighted by molar-refractivity contribution is 7.89. The Kier molecular flexibility index (Phi) is 3.83. The van der Waals surface area contributed by atoms with Crippen molar-refractivity contribution in [3.8, 4) is 0 Å². The largest absolute Gasteiger partial charge is 0.315 e. The molecule has 1 aromatic rings. The van der Waals surface area contributed by atoms with Crippen molar-refractivity contribution < 1.29 is 13.3 Å². The van der Waals surface area contributed by atoms with E-state index in [4.69, 9.17) is 0 Å². The number of nitrogens with one attached hydrogen (secondary N) is 2. The normalized spacial score (nSPS) is 19.5. The van der Waals surface area contributed by atoms with Crippen LogP contribution in [0.5, 0.6) is 0 Å². The van der Waals surface area contributed by atoms with Crippen LogP contribution < -0.4 is 10.0 Å². The molecule has 0 spiro atoms. The van der Waals surface area contributed by atoms with Gasteiger partial charge in [-0.25, -0.2) is 13.1 Å². The van der Waals surface area contributed by atoms with Crippen LogP contribution in [0.3, 0.4) is 0 Å². The average molecular weight is 285 g/mol. The molecule has 0 saturated carbocycles. The highest BCUT2D eigenvalue weighted by atomic mass is 32.2. The second-order valence-electron chi connectivity index (χ2n) is 4.52. The third kappa shape index (κ3) is 3.09. The third-order valence-corrected chi connectivity index (χ3v) is 4.72. The Hall–Kier alpha value is -1.51. The van der Waals surface area contributed by atoms with E-state index in [2.05, 4.69) is 10.0 Å². The monoisotopic (exact) mass is 285 g/mol. The van der Waals surface area contributed by atoms with Crippen molar-refractivity contribution in [2.75, 3.05) is 13.1 Å². The minimum atomic E-state index is -3.63. The first-order chi connectivity index (χ1) is 8.90. The van der Waals surface area contributed by atoms with E-state index in [-0.39, 0.29) is 16.6 Å². The molecule has 0 amide bonds. The van der Waals surface area contributed by atoms with Gasteiger partial charge in [0.1, 0.15) is 0 Å². The van der Waals surface area contributed by atoms with E-state index >= 15 is 0 Å². The molecule has 1 atom stereocenters. The summed E-state index contributed by atoms with van der Waals surface area (Å²) in [6.07, 6.45) is 0.741. The van der Waals surface area contributed by atoms with Crippen LogP contribution in [0.1, 0.15) is 12.0 Å². The van der Waals surface area contributed by atoms with Crippen LogP contribution in [0.4, 0.5) is 5.69 Å². The smallest absolute Gasteiger partial charge is 0.269 e. The Morgan fingerprint density at radius 1 is 1.47 bits per heavy atom. The minimum absolute atomic E-state index is 0.0880. The van der Waals surface area contributed by atoms with Gasteiger partial charge in [0.15, 0.2) is 0 Å². The van der Waals surface area contributed by atoms with Gasteiger partial charge in [0, 0.05) is 24.7 Å². The third-order valence-electron chi connectivity index (χ3n) is 3.04. The van der Waals surface area contributed by atoms with Crippen LogP contribution in [0.25, 0.3) is 0 Å². The molecule has 1 heterocycles. The van der Waals surface area contributed by atoms with Gasteiger partial charge < -0.3 is 5.32 Å². The first-order valence-electron chi connectivity index (χ1n) is 5.88. The maximum absolute atomic E-state index is 12.2. The molecule has 1 saturated heterocycles. The fourth-order valence-corrected chi connectivity index (χ4v) is 3.58. The molecule has 104 valence electrons. The summed E-state index contributed by atoms with van der Waals surface area (Å²) in [6.45, 7) is 2.94. The van der Waals surface area contributed by atoms with Gasteiger partial charge in [-0.1, -0.05) is 0 Å². The van der Waals surface area contributed by atoms with E-state index in [0.29, 0.717) is 12.1 Å². The Bertz CT molecular complexity index is 594. The maximum Gasteiger partial charge on any atom is 0.269 e. The highest BCUT2D eigenvalue weighted by Gasteiger charge is 2.24. The fraction of sp³-hybridized carbons (Fsp3) is 0.455. The molecule has 1 aromatic carbocycles. The summed E-state index contributed by atoms with van der Waals surface area (Å²) in [7, 11) is -3.63. The number of nitrogens with zero attached hydrogens (tertiary/aromatic N) is 1. The lowest BCUT2D eigenvalue weighted by molar-refractivity contribution is -0.385. The van der Waals surface area contributed by atoms with Crippen molar-refractivity contribution >= 4 is 15.7 Å². The zero-order valence-corrected chi connectivity index (χ0v) is 11.2. The van der Waals surface area contributed by atoms with Crippen LogP contribution in [0.15, 0.2) is 23.1 Å². The van der Waals surface area contributed by atoms with E-state index < -0.39 is 14.9 Å². The van der Waals surface area contributed by atoms with E-state index in [1.54, 1.807) is 6.92 Å². The lowest BCUT2D eigenvalue weighted by Crippen LogP contribution is -2.36. The summed E-state index contributed by atoms with van der Waals surface area (Å²) < 4.78 is 27.0. The highest BCUT2D eigenvalue weighted by Crippen LogP contribution is 2.21. The molecule has 2 rings (SSSR count). The number of benzene rings is 1. The van der Waals surface area contributed by atoms with Crippen LogP contribution in [-0.4, -0.2) is 32.5 Å². The van der Waals surface area contributed by atoms with E-state index in [9.17, 15) is 18.5 Å². The van der Waals surface area contributed by atoms with Gasteiger partial charge in [0.25, 0.3) is 5.69 Å². The standard InChI is InChI=1S/C11H15N3O4S/c1-8-6-10(14(15)16)2-3-11(8)19(17,18)13-9-4-5-12-7-9/h2-3,6,9,12-13H,4-5,7H2,1H3/t9-/m0/s1. The molecule has 7 nitrogen and oxygen atoms in total. The number of hydrogen-bond acceptors (Lipinski definition) is 5. The molecule has 8 heteroatoms. The molecule has 1 aliphatic rings. The van der Waals surface area contributed by atoms with Crippen LogP contribution in [0, 0.1) is 17.0 Å². The molecule has 19 heavy (non-hydrogen) atoms. The quantitative estimate of drug-likeness (QED) is 0.621. The van der Waals surface area contributed by atoms with Crippen LogP contribution >= 0.6 is 0 Å². The molecular weight excluding hydrogens is 270 g/mol. The predicted molar refractivity (Wildman–Crippen MR) is 69.4 cm³/mol. The van der Waals surface area contributed by atoms with Gasteiger partial charge in [-0.2, -0.15) is 0 Å². The van der Waals surface area contributed by atoms with Crippen molar-refractivity contribution in [3.05, 3.63) is 33.9 Å². The number of hydrogen-bond donors (Lipinski definition) is 2. The summed E-state index contributed by atoms with van der Waals surface area (Å²) in [4.78, 5) is 10.2. The summed E-state index contributed by atoms with van der Waals surface area (Å²) >= 11 is 0. The Morgan fingerprint density at radius 2 is 2.21 bits per heavy atom. The molecule has 2 N–H and O–H groups in total. The average Bonchev–Trinajstić information content (AvgIpc) is 2.80. The maximum atomic E-state index is 12.2. The molecular formula is C11H15N3O4S. The number of sulfonamides is 1. The lowest BCUT2D eigenvalue weighted by Gasteiger charge is -2.13. The second-order valence-corrected chi connectivity index (χ2v) is 6.20. The van der Waals surface area contributed by atoms with Gasteiger partial charge in [0.2, 0.25) is 10.0 Å². The minimum Gasteiger partial charge on any atom is -0.315 e. The number of non-ortho nitro benzene ring substituents is 1. The number of rotatable bonds is 4. The lowest BCUT2D eigenvalue weighted by atomic mass is 10.2. The summed E-state index contributed by atoms with van der Waals surface area (Å²) in [5, 5.41) is 13.7. The van der Waals surface area contributed by atoms with Crippen molar-refractivity contribution in [1.82, 2.24) is 10.0 Å². The van der Waals surface area contributed by atoms with Crippen LogP contribution in [0.2, 0.25) is 0 Å². The van der Waals surface area contributed by atoms with Crippen LogP contribution in [-0.2, 0) is 10.0 Å². The first-order valence-corrected chi connectivity index (χ1v) is 7.36. The number of nitro groups is 1. The predicted octanol–water partition coefficient (Wildman–Crippen LogP) is 0.543. The Balaban J connectivity index is 2.27. The zero-order valence-electron chi connectivity index (χ0n) is 10.4. The second kappa shape index (κ2) is 5.24. The van der Waals surface area contributed by atoms with Gasteiger partial charge in [-0.15, -0.1) is 0 Å². The summed E-state index contributed by atoms with van der Waals surface area (Å²) in [5.74, 6) is 0. The van der Waals surface area contributed by atoms with Crippen molar-refractivity contribution in [2.45, 2.75) is 24.3 Å². The Morgan fingerprint density at radius 3 is 2.74 bits per heavy atom. The molecule has 1 fully saturated rings.